The lowest BCUT2D eigenvalue weighted by molar-refractivity contribution is 0.0993. The van der Waals surface area contributed by atoms with Crippen molar-refractivity contribution in [3.63, 3.8) is 0 Å². The summed E-state index contributed by atoms with van der Waals surface area (Å²) in [6.45, 7) is 0. The van der Waals surface area contributed by atoms with Crippen molar-refractivity contribution in [3.05, 3.63) is 53.6 Å². The Kier molecular flexibility index (Phi) is 3.56. The molecule has 0 bridgehead atoms. The third-order valence-corrected chi connectivity index (χ3v) is 2.67. The van der Waals surface area contributed by atoms with Crippen molar-refractivity contribution < 1.29 is 19.8 Å². The van der Waals surface area contributed by atoms with Gasteiger partial charge in [0.15, 0.2) is 0 Å². The van der Waals surface area contributed by atoms with Crippen molar-refractivity contribution in [2.45, 2.75) is 0 Å². The predicted octanol–water partition coefficient (Wildman–Crippen LogP) is 1.45. The number of hydrogen-bond donors (Lipinski definition) is 4. The first kappa shape index (κ1) is 13.4. The highest BCUT2D eigenvalue weighted by molar-refractivity contribution is 6.07. The average molecular weight is 272 g/mol. The molecule has 2 rings (SSSR count). The molecule has 0 unspecified atom stereocenters. The number of carbonyl (C=O) groups is 2. The van der Waals surface area contributed by atoms with E-state index in [0.717, 1.165) is 0 Å². The smallest absolute Gasteiger partial charge is 0.259 e. The molecule has 6 nitrogen and oxygen atoms in total. The lowest BCUT2D eigenvalue weighted by atomic mass is 10.1. The van der Waals surface area contributed by atoms with Gasteiger partial charge in [0.1, 0.15) is 11.5 Å². The van der Waals surface area contributed by atoms with Crippen molar-refractivity contribution >= 4 is 17.5 Å². The van der Waals surface area contributed by atoms with Gasteiger partial charge in [-0.1, -0.05) is 12.1 Å². The van der Waals surface area contributed by atoms with E-state index >= 15 is 0 Å². The zero-order valence-electron chi connectivity index (χ0n) is 10.3. The maximum absolute atomic E-state index is 12.0. The molecular weight excluding hydrogens is 260 g/mol. The Balaban J connectivity index is 2.27. The number of benzene rings is 2. The van der Waals surface area contributed by atoms with Gasteiger partial charge in [0.25, 0.3) is 11.8 Å². The molecule has 0 radical (unpaired) electrons. The quantitative estimate of drug-likeness (QED) is 0.633. The van der Waals surface area contributed by atoms with Crippen LogP contribution < -0.4 is 11.1 Å². The molecule has 0 saturated heterocycles. The number of aromatic hydroxyl groups is 2. The number of phenolic OH excluding ortho intramolecular Hbond substituents is 1. The molecular formula is C14H12N2O4. The second kappa shape index (κ2) is 5.31. The van der Waals surface area contributed by atoms with Crippen LogP contribution in [-0.4, -0.2) is 22.0 Å². The summed E-state index contributed by atoms with van der Waals surface area (Å²) in [5.41, 5.74) is 5.38. The molecule has 6 heteroatoms. The van der Waals surface area contributed by atoms with Gasteiger partial charge in [-0.05, 0) is 30.3 Å². The van der Waals surface area contributed by atoms with Gasteiger partial charge in [-0.3, -0.25) is 9.59 Å². The minimum absolute atomic E-state index is 0.0971. The van der Waals surface area contributed by atoms with Crippen LogP contribution in [0.15, 0.2) is 42.5 Å². The van der Waals surface area contributed by atoms with Crippen molar-refractivity contribution in [2.75, 3.05) is 5.32 Å². The van der Waals surface area contributed by atoms with Crippen LogP contribution in [0.3, 0.4) is 0 Å². The Morgan fingerprint density at radius 2 is 1.60 bits per heavy atom. The number of nitrogens with one attached hydrogen (secondary N) is 1. The first-order valence-corrected chi connectivity index (χ1v) is 5.71. The molecule has 20 heavy (non-hydrogen) atoms. The second-order valence-electron chi connectivity index (χ2n) is 4.07. The minimum Gasteiger partial charge on any atom is -0.507 e. The number of carbonyl (C=O) groups excluding carboxylic acids is 2. The number of hydrogen-bond acceptors (Lipinski definition) is 4. The van der Waals surface area contributed by atoms with E-state index in [4.69, 9.17) is 5.73 Å². The largest absolute Gasteiger partial charge is 0.507 e. The average Bonchev–Trinajstić information content (AvgIpc) is 2.41. The first-order valence-electron chi connectivity index (χ1n) is 5.71. The van der Waals surface area contributed by atoms with Crippen LogP contribution in [-0.2, 0) is 0 Å². The molecule has 102 valence electrons. The molecule has 0 aliphatic heterocycles. The fourth-order valence-corrected chi connectivity index (χ4v) is 1.68. The van der Waals surface area contributed by atoms with Crippen LogP contribution >= 0.6 is 0 Å². The molecule has 0 saturated carbocycles. The van der Waals surface area contributed by atoms with Gasteiger partial charge < -0.3 is 21.3 Å². The summed E-state index contributed by atoms with van der Waals surface area (Å²) < 4.78 is 0. The van der Waals surface area contributed by atoms with Gasteiger partial charge in [-0.2, -0.15) is 0 Å². The van der Waals surface area contributed by atoms with Crippen LogP contribution in [0, 0.1) is 0 Å². The Morgan fingerprint density at radius 3 is 2.25 bits per heavy atom. The van der Waals surface area contributed by atoms with E-state index in [1.807, 2.05) is 0 Å². The van der Waals surface area contributed by atoms with Crippen LogP contribution in [0.5, 0.6) is 11.5 Å². The molecule has 2 aromatic rings. The highest BCUT2D eigenvalue weighted by Crippen LogP contribution is 2.22. The summed E-state index contributed by atoms with van der Waals surface area (Å²) in [6, 6.07) is 9.98. The van der Waals surface area contributed by atoms with Crippen LogP contribution in [0.4, 0.5) is 5.69 Å². The second-order valence-corrected chi connectivity index (χ2v) is 4.07. The predicted molar refractivity (Wildman–Crippen MR) is 72.7 cm³/mol. The van der Waals surface area contributed by atoms with E-state index in [1.54, 1.807) is 12.1 Å². The fraction of sp³-hybridized carbons (Fsp3) is 0. The fourth-order valence-electron chi connectivity index (χ4n) is 1.68. The Hall–Kier alpha value is -3.02. The molecule has 0 fully saturated rings. The summed E-state index contributed by atoms with van der Waals surface area (Å²) in [6.07, 6.45) is 0. The molecule has 2 amide bonds. The number of anilines is 1. The number of amides is 2. The maximum atomic E-state index is 12.0. The molecule has 0 spiro atoms. The lowest BCUT2D eigenvalue weighted by Crippen LogP contribution is -2.14. The van der Waals surface area contributed by atoms with E-state index in [-0.39, 0.29) is 28.3 Å². The highest BCUT2D eigenvalue weighted by atomic mass is 16.3. The van der Waals surface area contributed by atoms with Crippen molar-refractivity contribution in [3.8, 4) is 11.5 Å². The summed E-state index contributed by atoms with van der Waals surface area (Å²) in [5.74, 6) is -1.76. The molecule has 5 N–H and O–H groups in total. The summed E-state index contributed by atoms with van der Waals surface area (Å²) in [5, 5.41) is 21.5. The zero-order chi connectivity index (χ0) is 14.7. The first-order chi connectivity index (χ1) is 9.49. The van der Waals surface area contributed by atoms with Gasteiger partial charge in [-0.15, -0.1) is 0 Å². The SMILES string of the molecule is NC(=O)c1cc(NC(=O)c2ccccc2O)ccc1O. The van der Waals surface area contributed by atoms with E-state index in [1.165, 1.54) is 30.3 Å². The number of primary amides is 1. The van der Waals surface area contributed by atoms with Crippen molar-refractivity contribution in [1.82, 2.24) is 0 Å². The molecule has 0 aromatic heterocycles. The molecule has 0 heterocycles. The monoisotopic (exact) mass is 272 g/mol. The number of phenols is 2. The van der Waals surface area contributed by atoms with Gasteiger partial charge in [-0.25, -0.2) is 0 Å². The summed E-state index contributed by atoms with van der Waals surface area (Å²) >= 11 is 0. The summed E-state index contributed by atoms with van der Waals surface area (Å²) in [7, 11) is 0. The highest BCUT2D eigenvalue weighted by Gasteiger charge is 2.13. The number of para-hydroxylation sites is 1. The zero-order valence-corrected chi connectivity index (χ0v) is 10.3. The summed E-state index contributed by atoms with van der Waals surface area (Å²) in [4.78, 5) is 23.0. The van der Waals surface area contributed by atoms with E-state index in [2.05, 4.69) is 5.32 Å². The maximum Gasteiger partial charge on any atom is 0.259 e. The van der Waals surface area contributed by atoms with E-state index in [0.29, 0.717) is 0 Å². The van der Waals surface area contributed by atoms with Gasteiger partial charge in [0, 0.05) is 5.69 Å². The minimum atomic E-state index is -0.804. The Morgan fingerprint density at radius 1 is 0.950 bits per heavy atom. The number of rotatable bonds is 3. The molecule has 0 atom stereocenters. The molecule has 2 aromatic carbocycles. The van der Waals surface area contributed by atoms with Crippen molar-refractivity contribution in [1.29, 1.82) is 0 Å². The topological polar surface area (TPSA) is 113 Å². The molecule has 0 aliphatic carbocycles. The molecule has 0 aliphatic rings. The normalized spacial score (nSPS) is 10.0. The Labute approximate surface area is 114 Å². The van der Waals surface area contributed by atoms with E-state index < -0.39 is 11.8 Å². The van der Waals surface area contributed by atoms with E-state index in [9.17, 15) is 19.8 Å². The van der Waals surface area contributed by atoms with Crippen LogP contribution in [0.2, 0.25) is 0 Å². The van der Waals surface area contributed by atoms with Gasteiger partial charge in [0.2, 0.25) is 0 Å². The third kappa shape index (κ3) is 2.69. The Bertz CT molecular complexity index is 683. The standard InChI is InChI=1S/C14H12N2O4/c15-13(19)10-7-8(5-6-12(10)18)16-14(20)9-3-1-2-4-11(9)17/h1-7,17-18H,(H2,15,19)(H,16,20). The van der Waals surface area contributed by atoms with Crippen LogP contribution in [0.1, 0.15) is 20.7 Å². The lowest BCUT2D eigenvalue weighted by Gasteiger charge is -2.08. The van der Waals surface area contributed by atoms with Crippen molar-refractivity contribution in [2.24, 2.45) is 5.73 Å². The van der Waals surface area contributed by atoms with Crippen LogP contribution in [0.25, 0.3) is 0 Å². The van der Waals surface area contributed by atoms with Gasteiger partial charge >= 0.3 is 0 Å². The third-order valence-electron chi connectivity index (χ3n) is 2.67. The number of nitrogens with two attached hydrogens (primary N) is 1. The van der Waals surface area contributed by atoms with Gasteiger partial charge in [0.05, 0.1) is 11.1 Å².